The number of aromatic nitrogens is 1. The van der Waals surface area contributed by atoms with E-state index in [1.165, 1.54) is 6.20 Å². The summed E-state index contributed by atoms with van der Waals surface area (Å²) in [4.78, 5) is 38.4. The Balaban J connectivity index is 1.99. The van der Waals surface area contributed by atoms with E-state index in [0.29, 0.717) is 18.0 Å². The minimum absolute atomic E-state index is 0.173. The lowest BCUT2D eigenvalue weighted by Gasteiger charge is -2.18. The van der Waals surface area contributed by atoms with Crippen LogP contribution in [0.4, 0.5) is 0 Å². The van der Waals surface area contributed by atoms with Gasteiger partial charge in [0.1, 0.15) is 17.2 Å². The summed E-state index contributed by atoms with van der Waals surface area (Å²) in [7, 11) is 0. The molecule has 4 N–H and O–H groups in total. The maximum absolute atomic E-state index is 12.0. The molecule has 8 heteroatoms. The summed E-state index contributed by atoms with van der Waals surface area (Å²) in [6, 6.07) is 1.82. The topological polar surface area (TPSA) is 114 Å². The van der Waals surface area contributed by atoms with E-state index >= 15 is 0 Å². The average molecular weight is 311 g/mol. The van der Waals surface area contributed by atoms with Crippen molar-refractivity contribution in [3.05, 3.63) is 29.0 Å². The second-order valence-electron chi connectivity index (χ2n) is 4.82. The van der Waals surface area contributed by atoms with Gasteiger partial charge in [0.05, 0.1) is 0 Å². The van der Waals surface area contributed by atoms with Crippen LogP contribution in [0.1, 0.15) is 18.4 Å². The second-order valence-corrected chi connectivity index (χ2v) is 5.20. The zero-order valence-electron chi connectivity index (χ0n) is 11.1. The fourth-order valence-corrected chi connectivity index (χ4v) is 2.18. The average Bonchev–Trinajstić information content (AvgIpc) is 2.87. The number of hydrogen-bond donors (Lipinski definition) is 3. The van der Waals surface area contributed by atoms with Crippen molar-refractivity contribution in [2.24, 2.45) is 5.73 Å². The first-order valence-corrected chi connectivity index (χ1v) is 6.83. The maximum atomic E-state index is 12.0. The summed E-state index contributed by atoms with van der Waals surface area (Å²) in [5, 5.41) is 5.43. The second kappa shape index (κ2) is 6.53. The molecule has 1 aromatic rings. The molecule has 2 atom stereocenters. The lowest BCUT2D eigenvalue weighted by Crippen LogP contribution is -2.51. The summed E-state index contributed by atoms with van der Waals surface area (Å²) < 4.78 is 0. The van der Waals surface area contributed by atoms with Crippen molar-refractivity contribution in [2.45, 2.75) is 31.3 Å². The summed E-state index contributed by atoms with van der Waals surface area (Å²) in [5.74, 6) is -1.23. The van der Waals surface area contributed by atoms with Gasteiger partial charge in [-0.1, -0.05) is 17.7 Å². The van der Waals surface area contributed by atoms with Gasteiger partial charge in [-0.3, -0.25) is 14.4 Å². The van der Waals surface area contributed by atoms with Gasteiger partial charge < -0.3 is 16.4 Å². The van der Waals surface area contributed by atoms with Crippen molar-refractivity contribution in [1.82, 2.24) is 15.6 Å². The Bertz CT molecular complexity index is 561. The Hall–Kier alpha value is -2.15. The molecule has 1 aliphatic rings. The van der Waals surface area contributed by atoms with Crippen LogP contribution in [0.25, 0.3) is 0 Å². The SMILES string of the molecule is NC(=O)[C@@H](Cc1ccc(Cl)nc1)NC(=O)[C@@H]1CCC(=O)N1. The van der Waals surface area contributed by atoms with Crippen LogP contribution in [0.3, 0.4) is 0 Å². The highest BCUT2D eigenvalue weighted by molar-refractivity contribution is 6.29. The highest BCUT2D eigenvalue weighted by Gasteiger charge is 2.29. The van der Waals surface area contributed by atoms with E-state index in [0.717, 1.165) is 5.56 Å². The highest BCUT2D eigenvalue weighted by Crippen LogP contribution is 2.09. The number of nitrogens with zero attached hydrogens (tertiary/aromatic N) is 1. The maximum Gasteiger partial charge on any atom is 0.243 e. The number of halogens is 1. The molecule has 0 bridgehead atoms. The van der Waals surface area contributed by atoms with Crippen molar-refractivity contribution in [2.75, 3.05) is 0 Å². The first-order valence-electron chi connectivity index (χ1n) is 6.45. The Kier molecular flexibility index (Phi) is 4.74. The first kappa shape index (κ1) is 15.2. The standard InChI is InChI=1S/C13H15ClN4O3/c14-10-3-1-7(6-16-10)5-9(12(15)20)18-13(21)8-2-4-11(19)17-8/h1,3,6,8-9H,2,4-5H2,(H2,15,20)(H,17,19)(H,18,21)/t8-,9+/m0/s1. The van der Waals surface area contributed by atoms with E-state index in [1.54, 1.807) is 12.1 Å². The zero-order valence-corrected chi connectivity index (χ0v) is 11.9. The molecule has 1 aromatic heterocycles. The van der Waals surface area contributed by atoms with Crippen LogP contribution < -0.4 is 16.4 Å². The number of primary amides is 1. The third-order valence-electron chi connectivity index (χ3n) is 3.20. The molecule has 3 amide bonds. The summed E-state index contributed by atoms with van der Waals surface area (Å²) in [5.41, 5.74) is 6.02. The van der Waals surface area contributed by atoms with Crippen LogP contribution in [0, 0.1) is 0 Å². The summed E-state index contributed by atoms with van der Waals surface area (Å²) in [6.07, 6.45) is 2.45. The van der Waals surface area contributed by atoms with Crippen LogP contribution >= 0.6 is 11.6 Å². The van der Waals surface area contributed by atoms with Gasteiger partial charge in [-0.2, -0.15) is 0 Å². The lowest BCUT2D eigenvalue weighted by molar-refractivity contribution is -0.129. The van der Waals surface area contributed by atoms with E-state index in [4.69, 9.17) is 17.3 Å². The lowest BCUT2D eigenvalue weighted by atomic mass is 10.1. The molecule has 0 spiro atoms. The van der Waals surface area contributed by atoms with Gasteiger partial charge in [-0.25, -0.2) is 4.98 Å². The Morgan fingerprint density at radius 3 is 2.81 bits per heavy atom. The molecule has 0 radical (unpaired) electrons. The van der Waals surface area contributed by atoms with Gasteiger partial charge in [0.25, 0.3) is 0 Å². The van der Waals surface area contributed by atoms with Crippen molar-refractivity contribution in [3.8, 4) is 0 Å². The molecule has 0 saturated carbocycles. The van der Waals surface area contributed by atoms with Gasteiger partial charge in [0.15, 0.2) is 0 Å². The van der Waals surface area contributed by atoms with Crippen molar-refractivity contribution < 1.29 is 14.4 Å². The molecule has 7 nitrogen and oxygen atoms in total. The molecule has 0 unspecified atom stereocenters. The molecule has 1 fully saturated rings. The highest BCUT2D eigenvalue weighted by atomic mass is 35.5. The van der Waals surface area contributed by atoms with Gasteiger partial charge >= 0.3 is 0 Å². The van der Waals surface area contributed by atoms with Gasteiger partial charge in [-0.15, -0.1) is 0 Å². The predicted molar refractivity (Wildman–Crippen MR) is 75.2 cm³/mol. The molecular weight excluding hydrogens is 296 g/mol. The fraction of sp³-hybridized carbons (Fsp3) is 0.385. The van der Waals surface area contributed by atoms with E-state index in [-0.39, 0.29) is 12.3 Å². The minimum Gasteiger partial charge on any atom is -0.368 e. The first-order chi connectivity index (χ1) is 9.95. The normalized spacial score (nSPS) is 18.9. The number of carbonyl (C=O) groups excluding carboxylic acids is 3. The largest absolute Gasteiger partial charge is 0.368 e. The number of amides is 3. The van der Waals surface area contributed by atoms with E-state index in [9.17, 15) is 14.4 Å². The fourth-order valence-electron chi connectivity index (χ4n) is 2.07. The van der Waals surface area contributed by atoms with Crippen molar-refractivity contribution >= 4 is 29.3 Å². The van der Waals surface area contributed by atoms with E-state index in [1.807, 2.05) is 0 Å². The van der Waals surface area contributed by atoms with Gasteiger partial charge in [-0.05, 0) is 18.1 Å². The number of nitrogens with two attached hydrogens (primary N) is 1. The molecule has 1 saturated heterocycles. The molecular formula is C13H15ClN4O3. The third-order valence-corrected chi connectivity index (χ3v) is 3.42. The molecule has 1 aliphatic heterocycles. The van der Waals surface area contributed by atoms with Gasteiger partial charge in [0.2, 0.25) is 17.7 Å². The molecule has 0 aromatic carbocycles. The van der Waals surface area contributed by atoms with Crippen LogP contribution in [0.2, 0.25) is 5.15 Å². The zero-order chi connectivity index (χ0) is 15.4. The Morgan fingerprint density at radius 1 is 1.52 bits per heavy atom. The van der Waals surface area contributed by atoms with Crippen LogP contribution in [-0.4, -0.2) is 34.8 Å². The quantitative estimate of drug-likeness (QED) is 0.638. The van der Waals surface area contributed by atoms with Crippen LogP contribution in [0.15, 0.2) is 18.3 Å². The molecule has 21 heavy (non-hydrogen) atoms. The number of hydrogen-bond acceptors (Lipinski definition) is 4. The monoisotopic (exact) mass is 310 g/mol. The summed E-state index contributed by atoms with van der Waals surface area (Å²) >= 11 is 5.68. The molecule has 0 aliphatic carbocycles. The molecule has 2 heterocycles. The van der Waals surface area contributed by atoms with E-state index in [2.05, 4.69) is 15.6 Å². The van der Waals surface area contributed by atoms with Crippen LogP contribution in [0.5, 0.6) is 0 Å². The third kappa shape index (κ3) is 4.16. The van der Waals surface area contributed by atoms with Crippen LogP contribution in [-0.2, 0) is 20.8 Å². The predicted octanol–water partition coefficient (Wildman–Crippen LogP) is -0.474. The van der Waals surface area contributed by atoms with Crippen molar-refractivity contribution in [1.29, 1.82) is 0 Å². The number of rotatable bonds is 5. The van der Waals surface area contributed by atoms with Crippen molar-refractivity contribution in [3.63, 3.8) is 0 Å². The number of pyridine rings is 1. The Morgan fingerprint density at radius 2 is 2.29 bits per heavy atom. The molecule has 2 rings (SSSR count). The van der Waals surface area contributed by atoms with E-state index < -0.39 is 23.9 Å². The summed E-state index contributed by atoms with van der Waals surface area (Å²) in [6.45, 7) is 0. The number of nitrogens with one attached hydrogen (secondary N) is 2. The Labute approximate surface area is 126 Å². The number of carbonyl (C=O) groups is 3. The van der Waals surface area contributed by atoms with Gasteiger partial charge in [0, 0.05) is 19.0 Å². The minimum atomic E-state index is -0.863. The molecule has 112 valence electrons. The smallest absolute Gasteiger partial charge is 0.243 e.